The smallest absolute Gasteiger partial charge is 0.320 e. The lowest BCUT2D eigenvalue weighted by atomic mass is 9.86. The van der Waals surface area contributed by atoms with Gasteiger partial charge in [-0.3, -0.25) is 9.69 Å². The Bertz CT molecular complexity index is 258. The summed E-state index contributed by atoms with van der Waals surface area (Å²) in [7, 11) is 0. The van der Waals surface area contributed by atoms with Crippen LogP contribution in [-0.4, -0.2) is 47.6 Å². The van der Waals surface area contributed by atoms with Crippen molar-refractivity contribution in [2.45, 2.75) is 44.6 Å². The van der Waals surface area contributed by atoms with Gasteiger partial charge in [0.25, 0.3) is 0 Å². The zero-order valence-electron chi connectivity index (χ0n) is 10.7. The van der Waals surface area contributed by atoms with E-state index in [0.717, 1.165) is 37.4 Å². The lowest BCUT2D eigenvalue weighted by Crippen LogP contribution is -2.41. The average Bonchev–Trinajstić information content (AvgIpc) is 2.30. The van der Waals surface area contributed by atoms with Crippen LogP contribution in [0.1, 0.15) is 39.0 Å². The van der Waals surface area contributed by atoms with Gasteiger partial charge < -0.3 is 4.74 Å². The average molecular weight is 257 g/mol. The number of hydrogen-bond donors (Lipinski definition) is 0. The second-order valence-corrected chi connectivity index (χ2v) is 6.60. The Morgan fingerprint density at radius 3 is 2.53 bits per heavy atom. The number of nitrogens with zero attached hydrogens (tertiary/aromatic N) is 1. The zero-order valence-corrected chi connectivity index (χ0v) is 11.6. The predicted molar refractivity (Wildman–Crippen MR) is 71.3 cm³/mol. The van der Waals surface area contributed by atoms with Crippen molar-refractivity contribution in [3.63, 3.8) is 0 Å². The van der Waals surface area contributed by atoms with Crippen LogP contribution < -0.4 is 0 Å². The molecule has 0 amide bonds. The molecule has 1 saturated carbocycles. The minimum Gasteiger partial charge on any atom is -0.458 e. The van der Waals surface area contributed by atoms with Gasteiger partial charge in [0.05, 0.1) is 6.54 Å². The number of ether oxygens (including phenoxy) is 1. The molecular formula is C13H23NO2S. The topological polar surface area (TPSA) is 29.5 Å². The van der Waals surface area contributed by atoms with Crippen LogP contribution in [0, 0.1) is 0 Å². The van der Waals surface area contributed by atoms with Crippen LogP contribution in [0.5, 0.6) is 0 Å². The molecule has 0 aromatic rings. The zero-order chi connectivity index (χ0) is 12.1. The highest BCUT2D eigenvalue weighted by Crippen LogP contribution is 2.31. The van der Waals surface area contributed by atoms with Crippen molar-refractivity contribution in [1.82, 2.24) is 4.90 Å². The second-order valence-electron chi connectivity index (χ2n) is 5.37. The van der Waals surface area contributed by atoms with E-state index in [1.165, 1.54) is 19.3 Å². The Balaban J connectivity index is 1.75. The van der Waals surface area contributed by atoms with E-state index in [2.05, 4.69) is 11.8 Å². The molecule has 0 N–H and O–H groups in total. The number of hydrogen-bond acceptors (Lipinski definition) is 4. The first-order chi connectivity index (χ1) is 8.18. The van der Waals surface area contributed by atoms with Crippen molar-refractivity contribution in [2.24, 2.45) is 0 Å². The van der Waals surface area contributed by atoms with Crippen LogP contribution in [0.15, 0.2) is 0 Å². The van der Waals surface area contributed by atoms with Crippen molar-refractivity contribution < 1.29 is 9.53 Å². The summed E-state index contributed by atoms with van der Waals surface area (Å²) in [4.78, 5) is 14.1. The highest BCUT2D eigenvalue weighted by molar-refractivity contribution is 7.99. The van der Waals surface area contributed by atoms with Crippen LogP contribution in [0.2, 0.25) is 0 Å². The Hall–Kier alpha value is -0.220. The van der Waals surface area contributed by atoms with Gasteiger partial charge in [0.1, 0.15) is 5.60 Å². The van der Waals surface area contributed by atoms with Crippen LogP contribution in [0.3, 0.4) is 0 Å². The van der Waals surface area contributed by atoms with Gasteiger partial charge in [0.2, 0.25) is 0 Å². The Morgan fingerprint density at radius 2 is 1.88 bits per heavy atom. The van der Waals surface area contributed by atoms with E-state index in [4.69, 9.17) is 4.74 Å². The first kappa shape index (κ1) is 13.2. The molecule has 3 nitrogen and oxygen atoms in total. The Kier molecular flexibility index (Phi) is 4.74. The third-order valence-electron chi connectivity index (χ3n) is 3.73. The molecule has 2 aliphatic rings. The van der Waals surface area contributed by atoms with E-state index in [1.807, 2.05) is 11.8 Å². The molecule has 0 unspecified atom stereocenters. The summed E-state index contributed by atoms with van der Waals surface area (Å²) in [5.74, 6) is 2.26. The van der Waals surface area contributed by atoms with Crippen molar-refractivity contribution in [2.75, 3.05) is 31.1 Å². The number of carbonyl (C=O) groups excluding carboxylic acids is 1. The molecule has 4 heteroatoms. The van der Waals surface area contributed by atoms with Crippen LogP contribution in [0.4, 0.5) is 0 Å². The minimum atomic E-state index is -0.181. The van der Waals surface area contributed by atoms with Gasteiger partial charge in [-0.25, -0.2) is 0 Å². The summed E-state index contributed by atoms with van der Waals surface area (Å²) >= 11 is 1.97. The molecule has 1 saturated heterocycles. The monoisotopic (exact) mass is 257 g/mol. The summed E-state index contributed by atoms with van der Waals surface area (Å²) in [6, 6.07) is 0. The maximum Gasteiger partial charge on any atom is 0.320 e. The molecule has 0 atom stereocenters. The first-order valence-corrected chi connectivity index (χ1v) is 7.85. The van der Waals surface area contributed by atoms with E-state index >= 15 is 0 Å². The Labute approximate surface area is 108 Å². The fourth-order valence-electron chi connectivity index (χ4n) is 2.65. The summed E-state index contributed by atoms with van der Waals surface area (Å²) in [5.41, 5.74) is -0.181. The normalized spacial score (nSPS) is 25.5. The molecule has 1 heterocycles. The number of thioether (sulfide) groups is 1. The number of carbonyl (C=O) groups is 1. The molecule has 98 valence electrons. The lowest BCUT2D eigenvalue weighted by molar-refractivity contribution is -0.162. The molecule has 0 aromatic heterocycles. The standard InChI is InChI=1S/C13H23NO2S/c1-13(5-3-2-4-6-13)16-12(15)11-14-7-9-17-10-8-14/h2-11H2,1H3. The predicted octanol–water partition coefficient (Wildman–Crippen LogP) is 2.30. The van der Waals surface area contributed by atoms with Gasteiger partial charge in [-0.2, -0.15) is 11.8 Å². The molecule has 1 aliphatic carbocycles. The molecule has 2 fully saturated rings. The molecule has 17 heavy (non-hydrogen) atoms. The van der Waals surface area contributed by atoms with Crippen molar-refractivity contribution in [3.8, 4) is 0 Å². The quantitative estimate of drug-likeness (QED) is 0.726. The minimum absolute atomic E-state index is 0.0266. The molecule has 0 aromatic carbocycles. The molecular weight excluding hydrogens is 234 g/mol. The second kappa shape index (κ2) is 6.10. The summed E-state index contributed by atoms with van der Waals surface area (Å²) in [6.07, 6.45) is 5.76. The van der Waals surface area contributed by atoms with E-state index < -0.39 is 0 Å². The molecule has 0 bridgehead atoms. The van der Waals surface area contributed by atoms with Gasteiger partial charge in [0, 0.05) is 24.6 Å². The third-order valence-corrected chi connectivity index (χ3v) is 4.67. The van der Waals surface area contributed by atoms with Crippen LogP contribution in [-0.2, 0) is 9.53 Å². The summed E-state index contributed by atoms with van der Waals surface area (Å²) in [5, 5.41) is 0. The maximum absolute atomic E-state index is 11.9. The summed E-state index contributed by atoms with van der Waals surface area (Å²) < 4.78 is 5.69. The van der Waals surface area contributed by atoms with Crippen LogP contribution in [0.25, 0.3) is 0 Å². The third kappa shape index (κ3) is 4.18. The van der Waals surface area contributed by atoms with Gasteiger partial charge in [0.15, 0.2) is 0 Å². The first-order valence-electron chi connectivity index (χ1n) is 6.70. The molecule has 2 rings (SSSR count). The number of rotatable bonds is 3. The van der Waals surface area contributed by atoms with E-state index in [1.54, 1.807) is 0 Å². The van der Waals surface area contributed by atoms with Gasteiger partial charge in [-0.15, -0.1) is 0 Å². The van der Waals surface area contributed by atoms with E-state index in [-0.39, 0.29) is 11.6 Å². The highest BCUT2D eigenvalue weighted by Gasteiger charge is 2.31. The highest BCUT2D eigenvalue weighted by atomic mass is 32.2. The SMILES string of the molecule is CC1(OC(=O)CN2CCSCC2)CCCCC1. The fourth-order valence-corrected chi connectivity index (χ4v) is 3.63. The summed E-state index contributed by atoms with van der Waals surface area (Å²) in [6.45, 7) is 4.62. The van der Waals surface area contributed by atoms with E-state index in [0.29, 0.717) is 6.54 Å². The van der Waals surface area contributed by atoms with Crippen LogP contribution >= 0.6 is 11.8 Å². The van der Waals surface area contributed by atoms with Gasteiger partial charge in [-0.1, -0.05) is 6.42 Å². The van der Waals surface area contributed by atoms with Crippen molar-refractivity contribution >= 4 is 17.7 Å². The van der Waals surface area contributed by atoms with Gasteiger partial charge in [-0.05, 0) is 32.6 Å². The molecule has 0 spiro atoms. The maximum atomic E-state index is 11.9. The van der Waals surface area contributed by atoms with E-state index in [9.17, 15) is 4.79 Å². The number of esters is 1. The Morgan fingerprint density at radius 1 is 1.24 bits per heavy atom. The van der Waals surface area contributed by atoms with Gasteiger partial charge >= 0.3 is 5.97 Å². The molecule has 1 aliphatic heterocycles. The van der Waals surface area contributed by atoms with Crippen molar-refractivity contribution in [3.05, 3.63) is 0 Å². The van der Waals surface area contributed by atoms with Crippen molar-refractivity contribution in [1.29, 1.82) is 0 Å². The fraction of sp³-hybridized carbons (Fsp3) is 0.923. The lowest BCUT2D eigenvalue weighted by Gasteiger charge is -2.34. The largest absolute Gasteiger partial charge is 0.458 e. The molecule has 0 radical (unpaired) electrons.